The number of allylic oxidation sites excluding steroid dienone is 1. The zero-order valence-corrected chi connectivity index (χ0v) is 10.8. The van der Waals surface area contributed by atoms with Crippen LogP contribution in [0.25, 0.3) is 17.0 Å². The second-order valence-electron chi connectivity index (χ2n) is 4.40. The highest BCUT2D eigenvalue weighted by Crippen LogP contribution is 2.30. The fourth-order valence-corrected chi connectivity index (χ4v) is 2.06. The molecule has 0 aliphatic heterocycles. The highest BCUT2D eigenvalue weighted by molar-refractivity contribution is 5.89. The van der Waals surface area contributed by atoms with E-state index in [1.807, 2.05) is 26.8 Å². The summed E-state index contributed by atoms with van der Waals surface area (Å²) >= 11 is 0. The minimum Gasteiger partial charge on any atom is -0.507 e. The third-order valence-corrected chi connectivity index (χ3v) is 2.95. The van der Waals surface area contributed by atoms with Gasteiger partial charge < -0.3 is 9.52 Å². The van der Waals surface area contributed by atoms with Gasteiger partial charge >= 0.3 is 5.63 Å². The highest BCUT2D eigenvalue weighted by Gasteiger charge is 2.12. The molecular formula is C15H16O3. The second kappa shape index (κ2) is 4.69. The van der Waals surface area contributed by atoms with Crippen molar-refractivity contribution >= 4 is 17.0 Å². The maximum atomic E-state index is 11.9. The van der Waals surface area contributed by atoms with Crippen molar-refractivity contribution in [3.63, 3.8) is 0 Å². The van der Waals surface area contributed by atoms with Crippen molar-refractivity contribution in [1.29, 1.82) is 0 Å². The van der Waals surface area contributed by atoms with Crippen molar-refractivity contribution in [2.75, 3.05) is 0 Å². The van der Waals surface area contributed by atoms with Crippen LogP contribution in [-0.4, -0.2) is 5.11 Å². The van der Waals surface area contributed by atoms with Crippen molar-refractivity contribution in [2.45, 2.75) is 27.2 Å². The van der Waals surface area contributed by atoms with E-state index in [1.165, 1.54) is 0 Å². The Labute approximate surface area is 105 Å². The van der Waals surface area contributed by atoms with Crippen molar-refractivity contribution in [2.24, 2.45) is 0 Å². The van der Waals surface area contributed by atoms with E-state index < -0.39 is 0 Å². The Morgan fingerprint density at radius 1 is 1.33 bits per heavy atom. The highest BCUT2D eigenvalue weighted by atomic mass is 16.4. The topological polar surface area (TPSA) is 50.4 Å². The van der Waals surface area contributed by atoms with E-state index >= 15 is 0 Å². The predicted octanol–water partition coefficient (Wildman–Crippen LogP) is 3.54. The molecule has 0 radical (unpaired) electrons. The molecular weight excluding hydrogens is 228 g/mol. The van der Waals surface area contributed by atoms with E-state index in [2.05, 4.69) is 0 Å². The molecule has 0 amide bonds. The van der Waals surface area contributed by atoms with E-state index in [9.17, 15) is 9.90 Å². The number of aryl methyl sites for hydroxylation is 2. The molecule has 3 nitrogen and oxygen atoms in total. The van der Waals surface area contributed by atoms with Crippen LogP contribution < -0.4 is 5.63 Å². The molecule has 1 aromatic carbocycles. The van der Waals surface area contributed by atoms with Crippen LogP contribution in [0.1, 0.15) is 30.0 Å². The molecule has 0 saturated heterocycles. The van der Waals surface area contributed by atoms with Gasteiger partial charge in [0.15, 0.2) is 0 Å². The van der Waals surface area contributed by atoms with Gasteiger partial charge in [-0.25, -0.2) is 4.79 Å². The van der Waals surface area contributed by atoms with Crippen molar-refractivity contribution in [3.8, 4) is 5.75 Å². The maximum absolute atomic E-state index is 11.9. The molecule has 94 valence electrons. The van der Waals surface area contributed by atoms with Gasteiger partial charge in [0.05, 0.1) is 10.9 Å². The molecule has 1 heterocycles. The molecule has 0 fully saturated rings. The fraction of sp³-hybridized carbons (Fsp3) is 0.267. The van der Waals surface area contributed by atoms with E-state index in [4.69, 9.17) is 4.42 Å². The zero-order chi connectivity index (χ0) is 13.3. The summed E-state index contributed by atoms with van der Waals surface area (Å²) in [6, 6.07) is 3.43. The van der Waals surface area contributed by atoms with E-state index in [0.29, 0.717) is 16.5 Å². The van der Waals surface area contributed by atoms with Gasteiger partial charge in [-0.2, -0.15) is 0 Å². The lowest BCUT2D eigenvalue weighted by atomic mass is 10.0. The van der Waals surface area contributed by atoms with Crippen LogP contribution in [0.15, 0.2) is 27.4 Å². The molecule has 0 atom stereocenters. The van der Waals surface area contributed by atoms with Crippen molar-refractivity contribution in [1.82, 2.24) is 0 Å². The van der Waals surface area contributed by atoms with Crippen LogP contribution >= 0.6 is 0 Å². The van der Waals surface area contributed by atoms with Crippen LogP contribution in [0, 0.1) is 13.8 Å². The van der Waals surface area contributed by atoms with E-state index in [1.54, 1.807) is 18.2 Å². The van der Waals surface area contributed by atoms with Gasteiger partial charge in [-0.05, 0) is 43.5 Å². The molecule has 0 aliphatic rings. The molecule has 0 unspecified atom stereocenters. The first-order valence-corrected chi connectivity index (χ1v) is 5.98. The van der Waals surface area contributed by atoms with Crippen LogP contribution in [-0.2, 0) is 0 Å². The summed E-state index contributed by atoms with van der Waals surface area (Å²) in [4.78, 5) is 11.9. The van der Waals surface area contributed by atoms with E-state index in [-0.39, 0.29) is 11.4 Å². The standard InChI is InChI=1S/C15H16O3/c1-4-5-6-11-10(3)14-12(16)7-9(2)8-13(14)18-15(11)17/h5-8,16H,4H2,1-3H3/b6-5+. The number of phenols is 1. The largest absolute Gasteiger partial charge is 0.507 e. The lowest BCUT2D eigenvalue weighted by Gasteiger charge is -2.07. The Bertz CT molecular complexity index is 678. The number of hydrogen-bond donors (Lipinski definition) is 1. The number of aromatic hydroxyl groups is 1. The summed E-state index contributed by atoms with van der Waals surface area (Å²) in [6.45, 7) is 5.67. The predicted molar refractivity (Wildman–Crippen MR) is 72.9 cm³/mol. The molecule has 0 saturated carbocycles. The van der Waals surface area contributed by atoms with Crippen LogP contribution in [0.2, 0.25) is 0 Å². The quantitative estimate of drug-likeness (QED) is 0.822. The summed E-state index contributed by atoms with van der Waals surface area (Å²) in [5.74, 6) is 0.150. The van der Waals surface area contributed by atoms with Gasteiger partial charge in [0.1, 0.15) is 11.3 Å². The van der Waals surface area contributed by atoms with Gasteiger partial charge in [0.25, 0.3) is 0 Å². The van der Waals surface area contributed by atoms with Gasteiger partial charge in [-0.3, -0.25) is 0 Å². The average molecular weight is 244 g/mol. The van der Waals surface area contributed by atoms with Crippen LogP contribution in [0.4, 0.5) is 0 Å². The van der Waals surface area contributed by atoms with Gasteiger partial charge in [-0.1, -0.05) is 19.1 Å². The van der Waals surface area contributed by atoms with Gasteiger partial charge in [-0.15, -0.1) is 0 Å². The van der Waals surface area contributed by atoms with E-state index in [0.717, 1.165) is 17.5 Å². The summed E-state index contributed by atoms with van der Waals surface area (Å²) < 4.78 is 5.27. The molecule has 0 bridgehead atoms. The Morgan fingerprint density at radius 2 is 2.06 bits per heavy atom. The van der Waals surface area contributed by atoms with Crippen LogP contribution in [0.3, 0.4) is 0 Å². The molecule has 0 aliphatic carbocycles. The lowest BCUT2D eigenvalue weighted by Crippen LogP contribution is -2.06. The summed E-state index contributed by atoms with van der Waals surface area (Å²) in [5.41, 5.74) is 2.18. The number of rotatable bonds is 2. The second-order valence-corrected chi connectivity index (χ2v) is 4.40. The summed E-state index contributed by atoms with van der Waals surface area (Å²) in [5, 5.41) is 10.6. The third-order valence-electron chi connectivity index (χ3n) is 2.95. The fourth-order valence-electron chi connectivity index (χ4n) is 2.06. The molecule has 1 N–H and O–H groups in total. The zero-order valence-electron chi connectivity index (χ0n) is 10.8. The molecule has 1 aromatic heterocycles. The number of phenolic OH excluding ortho intramolecular Hbond substituents is 1. The lowest BCUT2D eigenvalue weighted by molar-refractivity contribution is 0.478. The number of fused-ring (bicyclic) bond motifs is 1. The minimum absolute atomic E-state index is 0.150. The monoisotopic (exact) mass is 244 g/mol. The Morgan fingerprint density at radius 3 is 2.72 bits per heavy atom. The first-order valence-electron chi connectivity index (χ1n) is 5.98. The molecule has 2 aromatic rings. The SMILES string of the molecule is CC/C=C/c1c(C)c2c(O)cc(C)cc2oc1=O. The van der Waals surface area contributed by atoms with Crippen molar-refractivity contribution < 1.29 is 9.52 Å². The molecule has 0 spiro atoms. The number of benzene rings is 1. The maximum Gasteiger partial charge on any atom is 0.343 e. The van der Waals surface area contributed by atoms with Crippen LogP contribution in [0.5, 0.6) is 5.75 Å². The van der Waals surface area contributed by atoms with Crippen molar-refractivity contribution in [3.05, 3.63) is 45.3 Å². The first-order chi connectivity index (χ1) is 8.54. The third kappa shape index (κ3) is 2.04. The number of hydrogen-bond acceptors (Lipinski definition) is 3. The first kappa shape index (κ1) is 12.4. The normalized spacial score (nSPS) is 11.5. The van der Waals surface area contributed by atoms with Gasteiger partial charge in [0.2, 0.25) is 0 Å². The Hall–Kier alpha value is -2.03. The average Bonchev–Trinajstić information content (AvgIpc) is 2.27. The van der Waals surface area contributed by atoms with Gasteiger partial charge in [0, 0.05) is 0 Å². The summed E-state index contributed by atoms with van der Waals surface area (Å²) in [6.07, 6.45) is 4.49. The smallest absolute Gasteiger partial charge is 0.343 e. The molecule has 2 rings (SSSR count). The molecule has 3 heteroatoms. The Balaban J connectivity index is 2.85. The summed E-state index contributed by atoms with van der Waals surface area (Å²) in [7, 11) is 0. The Kier molecular flexibility index (Phi) is 3.24. The minimum atomic E-state index is -0.366. The molecule has 18 heavy (non-hydrogen) atoms.